The van der Waals surface area contributed by atoms with E-state index in [1.807, 2.05) is 29.6 Å². The summed E-state index contributed by atoms with van der Waals surface area (Å²) < 4.78 is 13.6. The van der Waals surface area contributed by atoms with E-state index in [1.54, 1.807) is 35.7 Å². The van der Waals surface area contributed by atoms with E-state index in [4.69, 9.17) is 0 Å². The quantitative estimate of drug-likeness (QED) is 0.731. The molecule has 0 radical (unpaired) electrons. The van der Waals surface area contributed by atoms with Gasteiger partial charge in [0.2, 0.25) is 5.91 Å². The first-order valence-electron chi connectivity index (χ1n) is 7.72. The molecule has 3 aromatic rings. The molecule has 2 heterocycles. The Morgan fingerprint density at radius 2 is 1.92 bits per heavy atom. The lowest BCUT2D eigenvalue weighted by Crippen LogP contribution is -2.23. The highest BCUT2D eigenvalue weighted by Gasteiger charge is 2.09. The maximum absolute atomic E-state index is 13.6. The van der Waals surface area contributed by atoms with Gasteiger partial charge in [-0.15, -0.1) is 11.3 Å². The van der Waals surface area contributed by atoms with Gasteiger partial charge in [-0.2, -0.15) is 0 Å². The van der Waals surface area contributed by atoms with Crippen LogP contribution < -0.4 is 5.32 Å². The van der Waals surface area contributed by atoms with Crippen molar-refractivity contribution < 1.29 is 9.18 Å². The van der Waals surface area contributed by atoms with Gasteiger partial charge in [0, 0.05) is 19.2 Å². The Balaban J connectivity index is 1.58. The summed E-state index contributed by atoms with van der Waals surface area (Å²) in [6.07, 6.45) is 2.40. The minimum absolute atomic E-state index is 0.0979. The van der Waals surface area contributed by atoms with E-state index in [2.05, 4.69) is 10.3 Å². The van der Waals surface area contributed by atoms with Crippen LogP contribution in [0.4, 0.5) is 4.39 Å². The van der Waals surface area contributed by atoms with Gasteiger partial charge in [0.15, 0.2) is 0 Å². The van der Waals surface area contributed by atoms with Crippen molar-refractivity contribution in [2.45, 2.75) is 19.4 Å². The number of hydrogen-bond acceptors (Lipinski definition) is 3. The summed E-state index contributed by atoms with van der Waals surface area (Å²) in [7, 11) is 0. The van der Waals surface area contributed by atoms with E-state index in [9.17, 15) is 9.18 Å². The first kappa shape index (κ1) is 16.3. The van der Waals surface area contributed by atoms with Crippen LogP contribution in [-0.2, 0) is 17.8 Å². The zero-order valence-electron chi connectivity index (χ0n) is 13.0. The number of carbonyl (C=O) groups is 1. The van der Waals surface area contributed by atoms with Gasteiger partial charge in [-0.3, -0.25) is 9.78 Å². The lowest BCUT2D eigenvalue weighted by atomic mass is 10.1. The van der Waals surface area contributed by atoms with Crippen LogP contribution in [0.15, 0.2) is 60.1 Å². The lowest BCUT2D eigenvalue weighted by molar-refractivity contribution is -0.121. The van der Waals surface area contributed by atoms with Crippen LogP contribution in [0.3, 0.4) is 0 Å². The molecule has 1 amide bonds. The minimum atomic E-state index is -0.266. The number of hydrogen-bond donors (Lipinski definition) is 1. The van der Waals surface area contributed by atoms with E-state index in [0.29, 0.717) is 18.5 Å². The first-order chi connectivity index (χ1) is 11.7. The van der Waals surface area contributed by atoms with Gasteiger partial charge < -0.3 is 5.32 Å². The first-order valence-corrected chi connectivity index (χ1v) is 8.60. The van der Waals surface area contributed by atoms with Crippen molar-refractivity contribution in [1.29, 1.82) is 0 Å². The van der Waals surface area contributed by atoms with Crippen LogP contribution in [0.25, 0.3) is 10.6 Å². The van der Waals surface area contributed by atoms with E-state index in [-0.39, 0.29) is 18.1 Å². The molecule has 5 heteroatoms. The molecule has 2 aromatic heterocycles. The zero-order chi connectivity index (χ0) is 16.8. The van der Waals surface area contributed by atoms with Crippen LogP contribution in [-0.4, -0.2) is 10.9 Å². The third-order valence-corrected chi connectivity index (χ3v) is 4.58. The number of benzene rings is 1. The van der Waals surface area contributed by atoms with Crippen molar-refractivity contribution in [3.05, 3.63) is 77.1 Å². The highest BCUT2D eigenvalue weighted by atomic mass is 32.1. The van der Waals surface area contributed by atoms with Crippen LogP contribution >= 0.6 is 11.3 Å². The molecular formula is C19H17FN2OS. The van der Waals surface area contributed by atoms with Gasteiger partial charge in [0.1, 0.15) is 5.82 Å². The summed E-state index contributed by atoms with van der Waals surface area (Å²) >= 11 is 1.62. The largest absolute Gasteiger partial charge is 0.352 e. The number of carbonyl (C=O) groups excluding carboxylic acids is 1. The fourth-order valence-corrected chi connectivity index (χ4v) is 3.20. The highest BCUT2D eigenvalue weighted by molar-refractivity contribution is 7.13. The zero-order valence-corrected chi connectivity index (χ0v) is 13.9. The molecule has 1 aromatic carbocycles. The van der Waals surface area contributed by atoms with Crippen LogP contribution in [0, 0.1) is 5.82 Å². The summed E-state index contributed by atoms with van der Waals surface area (Å²) in [5, 5.41) is 4.90. The predicted molar refractivity (Wildman–Crippen MR) is 94.1 cm³/mol. The van der Waals surface area contributed by atoms with Crippen molar-refractivity contribution in [3.63, 3.8) is 0 Å². The molecule has 3 rings (SSSR count). The van der Waals surface area contributed by atoms with E-state index >= 15 is 0 Å². The Labute approximate surface area is 144 Å². The molecule has 24 heavy (non-hydrogen) atoms. The van der Waals surface area contributed by atoms with Crippen molar-refractivity contribution >= 4 is 17.2 Å². The van der Waals surface area contributed by atoms with E-state index in [0.717, 1.165) is 16.1 Å². The van der Waals surface area contributed by atoms with E-state index in [1.165, 1.54) is 6.07 Å². The summed E-state index contributed by atoms with van der Waals surface area (Å²) in [5.41, 5.74) is 2.43. The Bertz CT molecular complexity index is 818. The number of nitrogens with zero attached hydrogens (tertiary/aromatic N) is 1. The van der Waals surface area contributed by atoms with Gasteiger partial charge in [-0.1, -0.05) is 30.3 Å². The molecule has 3 nitrogen and oxygen atoms in total. The van der Waals surface area contributed by atoms with Gasteiger partial charge in [0.25, 0.3) is 0 Å². The lowest BCUT2D eigenvalue weighted by Gasteiger charge is -2.09. The normalized spacial score (nSPS) is 10.5. The van der Waals surface area contributed by atoms with Gasteiger partial charge in [0.05, 0.1) is 10.6 Å². The van der Waals surface area contributed by atoms with Gasteiger partial charge in [-0.25, -0.2) is 4.39 Å². The summed E-state index contributed by atoms with van der Waals surface area (Å²) in [6, 6.07) is 14.3. The Kier molecular flexibility index (Phi) is 5.33. The monoisotopic (exact) mass is 340 g/mol. The summed E-state index contributed by atoms with van der Waals surface area (Å²) in [5.74, 6) is -0.364. The third kappa shape index (κ3) is 4.06. The van der Waals surface area contributed by atoms with E-state index < -0.39 is 0 Å². The highest BCUT2D eigenvalue weighted by Crippen LogP contribution is 2.25. The average molecular weight is 340 g/mol. The van der Waals surface area contributed by atoms with Gasteiger partial charge >= 0.3 is 0 Å². The van der Waals surface area contributed by atoms with Crippen molar-refractivity contribution in [2.75, 3.05) is 0 Å². The summed E-state index contributed by atoms with van der Waals surface area (Å²) in [6.45, 7) is 0.414. The van der Waals surface area contributed by atoms with Crippen molar-refractivity contribution in [1.82, 2.24) is 10.3 Å². The minimum Gasteiger partial charge on any atom is -0.352 e. The smallest absolute Gasteiger partial charge is 0.220 e. The van der Waals surface area contributed by atoms with Gasteiger partial charge in [-0.05, 0) is 41.1 Å². The Hall–Kier alpha value is -2.53. The summed E-state index contributed by atoms with van der Waals surface area (Å²) in [4.78, 5) is 17.5. The number of halogens is 1. The number of aryl methyl sites for hydroxylation is 1. The van der Waals surface area contributed by atoms with Crippen molar-refractivity contribution in [2.24, 2.45) is 0 Å². The SMILES string of the molecule is O=C(CCc1ccccc1F)NCc1cccnc1-c1cccs1. The number of aromatic nitrogens is 1. The molecule has 0 bridgehead atoms. The molecule has 122 valence electrons. The average Bonchev–Trinajstić information content (AvgIpc) is 3.14. The molecule has 1 N–H and O–H groups in total. The standard InChI is InChI=1S/C19H17FN2OS/c20-16-7-2-1-5-14(16)9-10-18(23)22-13-15-6-3-11-21-19(15)17-8-4-12-24-17/h1-8,11-12H,9-10,13H2,(H,22,23). The molecule has 0 aliphatic carbocycles. The second-order valence-corrected chi connectivity index (χ2v) is 6.30. The molecule has 0 saturated heterocycles. The number of rotatable bonds is 6. The Morgan fingerprint density at radius 3 is 2.71 bits per heavy atom. The van der Waals surface area contributed by atoms with Crippen LogP contribution in [0.1, 0.15) is 17.5 Å². The third-order valence-electron chi connectivity index (χ3n) is 3.70. The number of pyridine rings is 1. The molecule has 0 fully saturated rings. The predicted octanol–water partition coefficient (Wildman–Crippen LogP) is 4.20. The topological polar surface area (TPSA) is 42.0 Å². The Morgan fingerprint density at radius 1 is 1.08 bits per heavy atom. The van der Waals surface area contributed by atoms with Crippen LogP contribution in [0.2, 0.25) is 0 Å². The molecular weight excluding hydrogens is 323 g/mol. The molecule has 0 aliphatic rings. The molecule has 0 spiro atoms. The molecule has 0 unspecified atom stereocenters. The number of nitrogens with one attached hydrogen (secondary N) is 1. The molecule has 0 saturated carbocycles. The number of amides is 1. The molecule has 0 aliphatic heterocycles. The van der Waals surface area contributed by atoms with Crippen LogP contribution in [0.5, 0.6) is 0 Å². The maximum Gasteiger partial charge on any atom is 0.220 e. The maximum atomic E-state index is 13.6. The second kappa shape index (κ2) is 7.84. The fourth-order valence-electron chi connectivity index (χ4n) is 2.45. The fraction of sp³-hybridized carbons (Fsp3) is 0.158. The number of thiophene rings is 1. The van der Waals surface area contributed by atoms with Crippen molar-refractivity contribution in [3.8, 4) is 10.6 Å². The molecule has 0 atom stereocenters. The second-order valence-electron chi connectivity index (χ2n) is 5.36.